The molecule has 0 spiro atoms. The Kier molecular flexibility index (Phi) is 5.24. The van der Waals surface area contributed by atoms with Crippen molar-refractivity contribution in [1.82, 2.24) is 4.98 Å². The molecule has 0 saturated carbocycles. The topological polar surface area (TPSA) is 46.3 Å². The molecular weight excluding hydrogens is 388 g/mol. The number of fused-ring (bicyclic) bond motifs is 1. The van der Waals surface area contributed by atoms with Crippen molar-refractivity contribution in [2.45, 2.75) is 25.3 Å². The molecule has 0 aliphatic carbocycles. The molecule has 28 heavy (non-hydrogen) atoms. The van der Waals surface area contributed by atoms with Crippen LogP contribution in [0.5, 0.6) is 0 Å². The van der Waals surface area contributed by atoms with Gasteiger partial charge >= 0.3 is 0 Å². The number of furan rings is 1. The van der Waals surface area contributed by atoms with Crippen LogP contribution in [0.15, 0.2) is 64.1 Å². The molecule has 0 radical (unpaired) electrons. The molecule has 2 heterocycles. The van der Waals surface area contributed by atoms with Crippen molar-refractivity contribution >= 4 is 44.4 Å². The average Bonchev–Trinajstić information content (AvgIpc) is 3.34. The standard InChI is InChI=1S/C22H20N2O2S2/c1-14-6-8-18(15(2)11-14)21(25)24(13-16-5-4-10-26-16)22-23-19-9-7-17(27-3)12-20(19)28-22/h4-12H,13H2,1-3H3. The quantitative estimate of drug-likeness (QED) is 0.376. The van der Waals surface area contributed by atoms with Crippen LogP contribution < -0.4 is 4.90 Å². The summed E-state index contributed by atoms with van der Waals surface area (Å²) in [6.07, 6.45) is 3.67. The van der Waals surface area contributed by atoms with Gasteiger partial charge in [0.25, 0.3) is 5.91 Å². The maximum Gasteiger partial charge on any atom is 0.260 e. The second kappa shape index (κ2) is 7.81. The Hall–Kier alpha value is -2.57. The summed E-state index contributed by atoms with van der Waals surface area (Å²) in [6, 6.07) is 15.8. The number of benzene rings is 2. The number of anilines is 1. The highest BCUT2D eigenvalue weighted by Gasteiger charge is 2.24. The van der Waals surface area contributed by atoms with Gasteiger partial charge in [0, 0.05) is 10.5 Å². The van der Waals surface area contributed by atoms with Crippen molar-refractivity contribution in [3.63, 3.8) is 0 Å². The number of carbonyl (C=O) groups is 1. The summed E-state index contributed by atoms with van der Waals surface area (Å²) < 4.78 is 6.58. The summed E-state index contributed by atoms with van der Waals surface area (Å²) in [5.41, 5.74) is 3.67. The lowest BCUT2D eigenvalue weighted by atomic mass is 10.0. The lowest BCUT2D eigenvalue weighted by Gasteiger charge is -2.20. The number of carbonyl (C=O) groups excluding carboxylic acids is 1. The maximum absolute atomic E-state index is 13.5. The zero-order valence-corrected chi connectivity index (χ0v) is 17.6. The number of thiazole rings is 1. The zero-order valence-electron chi connectivity index (χ0n) is 15.9. The molecule has 0 N–H and O–H groups in total. The Morgan fingerprint density at radius 1 is 1.18 bits per heavy atom. The van der Waals surface area contributed by atoms with Crippen LogP contribution in [0.2, 0.25) is 0 Å². The minimum atomic E-state index is -0.0713. The molecule has 0 unspecified atom stereocenters. The molecule has 0 aliphatic rings. The Morgan fingerprint density at radius 2 is 2.04 bits per heavy atom. The Labute approximate surface area is 172 Å². The first-order chi connectivity index (χ1) is 13.5. The SMILES string of the molecule is CSc1ccc2nc(N(Cc3ccco3)C(=O)c3ccc(C)cc3C)sc2c1. The van der Waals surface area contributed by atoms with Crippen LogP contribution in [0.4, 0.5) is 5.13 Å². The molecule has 6 heteroatoms. The summed E-state index contributed by atoms with van der Waals surface area (Å²) in [6.45, 7) is 4.33. The number of aryl methyl sites for hydroxylation is 2. The molecule has 4 nitrogen and oxygen atoms in total. The van der Waals surface area contributed by atoms with Crippen molar-refractivity contribution in [3.05, 3.63) is 77.2 Å². The molecule has 0 fully saturated rings. The van der Waals surface area contributed by atoms with Crippen LogP contribution in [-0.4, -0.2) is 17.1 Å². The van der Waals surface area contributed by atoms with Crippen molar-refractivity contribution in [1.29, 1.82) is 0 Å². The predicted molar refractivity (Wildman–Crippen MR) is 117 cm³/mol. The minimum absolute atomic E-state index is 0.0713. The third-order valence-corrected chi connectivity index (χ3v) is 6.33. The van der Waals surface area contributed by atoms with E-state index in [-0.39, 0.29) is 5.91 Å². The largest absolute Gasteiger partial charge is 0.467 e. The second-order valence-electron chi connectivity index (χ2n) is 6.62. The third-order valence-electron chi connectivity index (χ3n) is 4.57. The smallest absolute Gasteiger partial charge is 0.260 e. The van der Waals surface area contributed by atoms with E-state index in [2.05, 4.69) is 18.4 Å². The van der Waals surface area contributed by atoms with Crippen molar-refractivity contribution < 1.29 is 9.21 Å². The molecule has 1 amide bonds. The van der Waals surface area contributed by atoms with Gasteiger partial charge in [-0.1, -0.05) is 29.0 Å². The number of hydrogen-bond donors (Lipinski definition) is 0. The van der Waals surface area contributed by atoms with Crippen LogP contribution in [0.25, 0.3) is 10.2 Å². The van der Waals surface area contributed by atoms with Crippen LogP contribution in [0.3, 0.4) is 0 Å². The van der Waals surface area contributed by atoms with E-state index in [9.17, 15) is 4.79 Å². The maximum atomic E-state index is 13.5. The molecule has 2 aromatic carbocycles. The van der Waals surface area contributed by atoms with E-state index < -0.39 is 0 Å². The first-order valence-corrected chi connectivity index (χ1v) is 11.0. The molecular formula is C22H20N2O2S2. The average molecular weight is 409 g/mol. The molecule has 0 bridgehead atoms. The van der Waals surface area contributed by atoms with Crippen LogP contribution in [0.1, 0.15) is 27.2 Å². The Bertz CT molecular complexity index is 1130. The normalized spacial score (nSPS) is 11.1. The summed E-state index contributed by atoms with van der Waals surface area (Å²) >= 11 is 3.22. The van der Waals surface area contributed by atoms with Crippen molar-refractivity contribution in [2.75, 3.05) is 11.2 Å². The number of amides is 1. The Balaban J connectivity index is 1.78. The first kappa shape index (κ1) is 18.8. The predicted octanol–water partition coefficient (Wildman–Crippen LogP) is 6.08. The fourth-order valence-electron chi connectivity index (χ4n) is 3.12. The van der Waals surface area contributed by atoms with Gasteiger partial charge in [-0.2, -0.15) is 0 Å². The van der Waals surface area contributed by atoms with Gasteiger partial charge < -0.3 is 4.42 Å². The van der Waals surface area contributed by atoms with E-state index in [0.29, 0.717) is 17.2 Å². The van der Waals surface area contributed by atoms with Crippen LogP contribution in [0, 0.1) is 13.8 Å². The summed E-state index contributed by atoms with van der Waals surface area (Å²) in [4.78, 5) is 21.1. The molecule has 4 aromatic rings. The number of rotatable bonds is 5. The van der Waals surface area contributed by atoms with Gasteiger partial charge in [0.05, 0.1) is 23.0 Å². The van der Waals surface area contributed by atoms with Gasteiger partial charge in [-0.25, -0.2) is 4.98 Å². The summed E-state index contributed by atoms with van der Waals surface area (Å²) in [7, 11) is 0. The van der Waals surface area contributed by atoms with Gasteiger partial charge in [-0.15, -0.1) is 11.8 Å². The van der Waals surface area contributed by atoms with Gasteiger partial charge in [0.1, 0.15) is 5.76 Å². The number of thioether (sulfide) groups is 1. The van der Waals surface area contributed by atoms with E-state index in [1.54, 1.807) is 22.9 Å². The second-order valence-corrected chi connectivity index (χ2v) is 8.51. The van der Waals surface area contributed by atoms with E-state index in [4.69, 9.17) is 9.40 Å². The van der Waals surface area contributed by atoms with E-state index in [1.165, 1.54) is 16.2 Å². The van der Waals surface area contributed by atoms with E-state index >= 15 is 0 Å². The number of nitrogens with zero attached hydrogens (tertiary/aromatic N) is 2. The van der Waals surface area contributed by atoms with Crippen LogP contribution >= 0.6 is 23.1 Å². The first-order valence-electron chi connectivity index (χ1n) is 8.91. The third kappa shape index (κ3) is 3.70. The minimum Gasteiger partial charge on any atom is -0.467 e. The highest BCUT2D eigenvalue weighted by molar-refractivity contribution is 7.98. The van der Waals surface area contributed by atoms with Crippen LogP contribution in [-0.2, 0) is 6.54 Å². The fourth-order valence-corrected chi connectivity index (χ4v) is 4.64. The van der Waals surface area contributed by atoms with E-state index in [1.807, 2.05) is 50.2 Å². The lowest BCUT2D eigenvalue weighted by Crippen LogP contribution is -2.30. The molecule has 0 atom stereocenters. The molecule has 0 saturated heterocycles. The lowest BCUT2D eigenvalue weighted by molar-refractivity contribution is 0.0982. The van der Waals surface area contributed by atoms with Crippen molar-refractivity contribution in [3.8, 4) is 0 Å². The molecule has 0 aliphatic heterocycles. The fraction of sp³-hybridized carbons (Fsp3) is 0.182. The Morgan fingerprint density at radius 3 is 2.75 bits per heavy atom. The number of hydrogen-bond acceptors (Lipinski definition) is 5. The highest BCUT2D eigenvalue weighted by atomic mass is 32.2. The molecule has 2 aromatic heterocycles. The monoisotopic (exact) mass is 408 g/mol. The summed E-state index contributed by atoms with van der Waals surface area (Å²) in [5, 5.41) is 0.676. The van der Waals surface area contributed by atoms with E-state index in [0.717, 1.165) is 27.1 Å². The molecule has 4 rings (SSSR count). The number of aromatic nitrogens is 1. The van der Waals surface area contributed by atoms with Gasteiger partial charge in [-0.05, 0) is 62.1 Å². The zero-order chi connectivity index (χ0) is 19.7. The highest BCUT2D eigenvalue weighted by Crippen LogP contribution is 2.33. The summed E-state index contributed by atoms with van der Waals surface area (Å²) in [5.74, 6) is 0.653. The molecule has 142 valence electrons. The van der Waals surface area contributed by atoms with Gasteiger partial charge in [0.2, 0.25) is 0 Å². The van der Waals surface area contributed by atoms with Gasteiger partial charge in [-0.3, -0.25) is 9.69 Å². The van der Waals surface area contributed by atoms with Gasteiger partial charge in [0.15, 0.2) is 5.13 Å². The van der Waals surface area contributed by atoms with Crippen molar-refractivity contribution in [2.24, 2.45) is 0 Å².